The summed E-state index contributed by atoms with van der Waals surface area (Å²) in [6.07, 6.45) is -20.2. The molecule has 0 aromatic carbocycles. The highest BCUT2D eigenvalue weighted by atomic mass is 19.4. The van der Waals surface area contributed by atoms with Gasteiger partial charge in [0.15, 0.2) is 0 Å². The van der Waals surface area contributed by atoms with Crippen LogP contribution in [0.1, 0.15) is 6.92 Å². The molecule has 25 heavy (non-hydrogen) atoms. The number of halogens is 11. The minimum absolute atomic E-state index is 0.0263. The molecule has 3 nitrogen and oxygen atoms in total. The maximum atomic E-state index is 13.7. The summed E-state index contributed by atoms with van der Waals surface area (Å²) < 4.78 is 149. The molecule has 0 radical (unpaired) electrons. The number of hydrogen-bond acceptors (Lipinski definition) is 3. The van der Waals surface area contributed by atoms with E-state index in [0.717, 1.165) is 0 Å². The Morgan fingerprint density at radius 2 is 1.32 bits per heavy atom. The Labute approximate surface area is 133 Å². The predicted octanol–water partition coefficient (Wildman–Crippen LogP) is 4.07. The Kier molecular flexibility index (Phi) is 5.65. The minimum atomic E-state index is -7.07. The largest absolute Gasteiger partial charge is 0.462 e. The van der Waals surface area contributed by atoms with Gasteiger partial charge in [-0.1, -0.05) is 6.92 Å². The van der Waals surface area contributed by atoms with Crippen LogP contribution in [0.2, 0.25) is 0 Å². The van der Waals surface area contributed by atoms with Crippen molar-refractivity contribution in [2.24, 2.45) is 5.41 Å². The van der Waals surface area contributed by atoms with Gasteiger partial charge in [0.2, 0.25) is 0 Å². The van der Waals surface area contributed by atoms with Crippen molar-refractivity contribution < 1.29 is 62.5 Å². The van der Waals surface area contributed by atoms with Gasteiger partial charge in [0.25, 0.3) is 0 Å². The van der Waals surface area contributed by atoms with Crippen molar-refractivity contribution >= 4 is 0 Å². The van der Waals surface area contributed by atoms with Crippen molar-refractivity contribution in [2.75, 3.05) is 26.4 Å². The highest BCUT2D eigenvalue weighted by Gasteiger charge is 2.78. The molecule has 0 aromatic heterocycles. The van der Waals surface area contributed by atoms with Crippen molar-refractivity contribution in [1.82, 2.24) is 0 Å². The van der Waals surface area contributed by atoms with Crippen LogP contribution in [0.4, 0.5) is 48.3 Å². The fourth-order valence-electron chi connectivity index (χ4n) is 1.56. The first kappa shape index (κ1) is 22.2. The van der Waals surface area contributed by atoms with Crippen molar-refractivity contribution in [3.8, 4) is 0 Å². The highest BCUT2D eigenvalue weighted by Crippen LogP contribution is 2.51. The summed E-state index contributed by atoms with van der Waals surface area (Å²) in [6.45, 7) is -1.70. The minimum Gasteiger partial charge on any atom is -0.380 e. The van der Waals surface area contributed by atoms with Crippen LogP contribution in [-0.4, -0.2) is 56.7 Å². The molecule has 0 N–H and O–H groups in total. The summed E-state index contributed by atoms with van der Waals surface area (Å²) >= 11 is 0. The van der Waals surface area contributed by atoms with Gasteiger partial charge in [-0.15, -0.1) is 0 Å². The maximum Gasteiger partial charge on any atom is 0.462 e. The van der Waals surface area contributed by atoms with Gasteiger partial charge in [0.05, 0.1) is 19.8 Å². The van der Waals surface area contributed by atoms with Crippen molar-refractivity contribution in [2.45, 2.75) is 37.2 Å². The molecule has 0 amide bonds. The third-order valence-electron chi connectivity index (χ3n) is 3.07. The van der Waals surface area contributed by atoms with Crippen molar-refractivity contribution in [3.05, 3.63) is 0 Å². The SMILES string of the molecule is CC1(COCC(F)(OC(F)(F)C(F)(F)C(F)(F)F)C(F)(F)F)COC1. The Morgan fingerprint density at radius 1 is 0.840 bits per heavy atom. The monoisotopic (exact) mass is 400 g/mol. The third-order valence-corrected chi connectivity index (χ3v) is 3.07. The summed E-state index contributed by atoms with van der Waals surface area (Å²) in [6, 6.07) is 0. The fraction of sp³-hybridized carbons (Fsp3) is 1.00. The molecule has 0 saturated carbocycles. The van der Waals surface area contributed by atoms with E-state index in [1.807, 2.05) is 0 Å². The zero-order valence-corrected chi connectivity index (χ0v) is 12.2. The quantitative estimate of drug-likeness (QED) is 0.603. The van der Waals surface area contributed by atoms with Gasteiger partial charge in [-0.2, -0.15) is 48.3 Å². The molecule has 14 heteroatoms. The highest BCUT2D eigenvalue weighted by molar-refractivity contribution is 4.89. The lowest BCUT2D eigenvalue weighted by atomic mass is 9.90. The molecular formula is C11H11F11O3. The Hall–Kier alpha value is -0.890. The van der Waals surface area contributed by atoms with Gasteiger partial charge in [-0.3, -0.25) is 4.74 Å². The molecule has 150 valence electrons. The second kappa shape index (κ2) is 6.37. The molecule has 0 aromatic rings. The Balaban J connectivity index is 2.94. The molecule has 1 saturated heterocycles. The van der Waals surface area contributed by atoms with Crippen LogP contribution in [0, 0.1) is 5.41 Å². The molecule has 0 spiro atoms. The topological polar surface area (TPSA) is 27.7 Å². The van der Waals surface area contributed by atoms with E-state index in [9.17, 15) is 48.3 Å². The molecule has 1 aliphatic heterocycles. The summed E-state index contributed by atoms with van der Waals surface area (Å²) in [5, 5.41) is 0. The van der Waals surface area contributed by atoms with Gasteiger partial charge in [-0.25, -0.2) is 0 Å². The van der Waals surface area contributed by atoms with Gasteiger partial charge in [0.1, 0.15) is 6.61 Å². The van der Waals surface area contributed by atoms with Crippen LogP contribution in [0.25, 0.3) is 0 Å². The van der Waals surface area contributed by atoms with Crippen LogP contribution in [0.15, 0.2) is 0 Å². The standard InChI is InChI=1S/C11H11F11O3/c1-6(2-23-3-6)4-24-5-7(12,9(15,16)17)25-11(21,22)8(13,14)10(18,19)20/h2-5H2,1H3. The molecule has 1 atom stereocenters. The number of rotatable bonds is 7. The van der Waals surface area contributed by atoms with Crippen LogP contribution in [0.3, 0.4) is 0 Å². The number of hydrogen-bond donors (Lipinski definition) is 0. The molecule has 1 aliphatic rings. The molecule has 1 heterocycles. The average Bonchev–Trinajstić information content (AvgIpc) is 2.33. The lowest BCUT2D eigenvalue weighted by Gasteiger charge is -2.39. The molecule has 0 bridgehead atoms. The van der Waals surface area contributed by atoms with Gasteiger partial charge in [-0.05, 0) is 0 Å². The molecule has 1 unspecified atom stereocenters. The van der Waals surface area contributed by atoms with Crippen LogP contribution >= 0.6 is 0 Å². The van der Waals surface area contributed by atoms with Crippen molar-refractivity contribution in [1.29, 1.82) is 0 Å². The zero-order valence-electron chi connectivity index (χ0n) is 12.2. The lowest BCUT2D eigenvalue weighted by Crippen LogP contribution is -2.60. The number of alkyl halides is 11. The van der Waals surface area contributed by atoms with E-state index in [2.05, 4.69) is 14.2 Å². The molecular weight excluding hydrogens is 389 g/mol. The van der Waals surface area contributed by atoms with Crippen LogP contribution in [-0.2, 0) is 14.2 Å². The first-order chi connectivity index (χ1) is 10.9. The Morgan fingerprint density at radius 3 is 1.64 bits per heavy atom. The van der Waals surface area contributed by atoms with E-state index in [1.54, 1.807) is 0 Å². The van der Waals surface area contributed by atoms with E-state index in [1.165, 1.54) is 6.92 Å². The van der Waals surface area contributed by atoms with E-state index in [4.69, 9.17) is 0 Å². The summed E-state index contributed by atoms with van der Waals surface area (Å²) in [5.74, 6) is -12.7. The second-order valence-corrected chi connectivity index (χ2v) is 5.71. The Bertz CT molecular complexity index is 469. The number of ether oxygens (including phenoxy) is 3. The molecule has 1 rings (SSSR count). The fourth-order valence-corrected chi connectivity index (χ4v) is 1.56. The zero-order chi connectivity index (χ0) is 19.9. The van der Waals surface area contributed by atoms with Gasteiger partial charge >= 0.3 is 30.2 Å². The van der Waals surface area contributed by atoms with E-state index in [0.29, 0.717) is 0 Å². The summed E-state index contributed by atoms with van der Waals surface area (Å²) in [4.78, 5) is 0. The first-order valence-corrected chi connectivity index (χ1v) is 6.31. The smallest absolute Gasteiger partial charge is 0.380 e. The second-order valence-electron chi connectivity index (χ2n) is 5.71. The predicted molar refractivity (Wildman–Crippen MR) is 56.7 cm³/mol. The summed E-state index contributed by atoms with van der Waals surface area (Å²) in [5.41, 5.74) is -0.884. The molecule has 0 aliphatic carbocycles. The lowest BCUT2D eigenvalue weighted by molar-refractivity contribution is -0.486. The first-order valence-electron chi connectivity index (χ1n) is 6.31. The molecule has 1 fully saturated rings. The average molecular weight is 400 g/mol. The van der Waals surface area contributed by atoms with E-state index >= 15 is 0 Å². The van der Waals surface area contributed by atoms with E-state index in [-0.39, 0.29) is 13.2 Å². The van der Waals surface area contributed by atoms with Crippen molar-refractivity contribution in [3.63, 3.8) is 0 Å². The van der Waals surface area contributed by atoms with Crippen LogP contribution < -0.4 is 0 Å². The normalized spacial score (nSPS) is 21.6. The maximum absolute atomic E-state index is 13.7. The van der Waals surface area contributed by atoms with Gasteiger partial charge < -0.3 is 9.47 Å². The van der Waals surface area contributed by atoms with Crippen LogP contribution in [0.5, 0.6) is 0 Å². The van der Waals surface area contributed by atoms with E-state index < -0.39 is 48.9 Å². The van der Waals surface area contributed by atoms with Gasteiger partial charge in [0, 0.05) is 5.41 Å². The summed E-state index contributed by atoms with van der Waals surface area (Å²) in [7, 11) is 0. The third kappa shape index (κ3) is 4.45.